The predicted octanol–water partition coefficient (Wildman–Crippen LogP) is 1.66. The fourth-order valence-corrected chi connectivity index (χ4v) is 3.04. The summed E-state index contributed by atoms with van der Waals surface area (Å²) in [6.45, 7) is 6.02. The summed E-state index contributed by atoms with van der Waals surface area (Å²) in [5.74, 6) is 0.777. The van der Waals surface area contributed by atoms with Crippen molar-refractivity contribution in [2.45, 2.75) is 45.6 Å². The van der Waals surface area contributed by atoms with Crippen LogP contribution in [0.1, 0.15) is 43.5 Å². The molecule has 1 aromatic heterocycles. The zero-order valence-corrected chi connectivity index (χ0v) is 12.6. The van der Waals surface area contributed by atoms with Gasteiger partial charge in [-0.15, -0.1) is 5.10 Å². The first-order chi connectivity index (χ1) is 9.76. The molecule has 0 bridgehead atoms. The molecule has 0 radical (unpaired) electrons. The standard InChI is InChI=1S/C15H23N5/c1-4-12-13(9-16)15(19-18-14(12)5-2)20-8-6-7-11(20)10-17-3/h11,17H,4-8,10H2,1-3H3. The van der Waals surface area contributed by atoms with Gasteiger partial charge in [-0.05, 0) is 38.3 Å². The second-order valence-electron chi connectivity index (χ2n) is 5.19. The van der Waals surface area contributed by atoms with Crippen LogP contribution in [0.5, 0.6) is 0 Å². The van der Waals surface area contributed by atoms with Gasteiger partial charge in [0, 0.05) is 19.1 Å². The van der Waals surface area contributed by atoms with E-state index in [2.05, 4.69) is 40.3 Å². The zero-order chi connectivity index (χ0) is 14.5. The number of rotatable bonds is 5. The number of aryl methyl sites for hydroxylation is 1. The lowest BCUT2D eigenvalue weighted by Crippen LogP contribution is -2.38. The highest BCUT2D eigenvalue weighted by Crippen LogP contribution is 2.29. The molecule has 0 spiro atoms. The van der Waals surface area contributed by atoms with Crippen LogP contribution in [0.25, 0.3) is 0 Å². The fourth-order valence-electron chi connectivity index (χ4n) is 3.04. The SMILES string of the molecule is CCc1nnc(N2CCCC2CNC)c(C#N)c1CC. The van der Waals surface area contributed by atoms with E-state index < -0.39 is 0 Å². The maximum absolute atomic E-state index is 9.57. The van der Waals surface area contributed by atoms with Crippen LogP contribution < -0.4 is 10.2 Å². The second-order valence-corrected chi connectivity index (χ2v) is 5.19. The van der Waals surface area contributed by atoms with Gasteiger partial charge in [-0.2, -0.15) is 10.4 Å². The van der Waals surface area contributed by atoms with E-state index in [-0.39, 0.29) is 0 Å². The summed E-state index contributed by atoms with van der Waals surface area (Å²) in [6, 6.07) is 2.78. The Bertz CT molecular complexity index is 506. The number of nitriles is 1. The molecule has 2 heterocycles. The predicted molar refractivity (Wildman–Crippen MR) is 79.8 cm³/mol. The molecular weight excluding hydrogens is 250 g/mol. The molecule has 5 nitrogen and oxygen atoms in total. The second kappa shape index (κ2) is 6.67. The van der Waals surface area contributed by atoms with Crippen molar-refractivity contribution in [1.29, 1.82) is 5.26 Å². The van der Waals surface area contributed by atoms with E-state index in [9.17, 15) is 5.26 Å². The average Bonchev–Trinajstić information content (AvgIpc) is 2.93. The Hall–Kier alpha value is -1.67. The van der Waals surface area contributed by atoms with Crippen LogP contribution in [0.4, 0.5) is 5.82 Å². The Morgan fingerprint density at radius 2 is 2.15 bits per heavy atom. The highest BCUT2D eigenvalue weighted by molar-refractivity contribution is 5.59. The van der Waals surface area contributed by atoms with Crippen molar-refractivity contribution >= 4 is 5.82 Å². The zero-order valence-electron chi connectivity index (χ0n) is 12.6. The van der Waals surface area contributed by atoms with Crippen molar-refractivity contribution in [1.82, 2.24) is 15.5 Å². The highest BCUT2D eigenvalue weighted by atomic mass is 15.3. The number of anilines is 1. The number of aromatic nitrogens is 2. The van der Waals surface area contributed by atoms with E-state index in [1.807, 2.05) is 7.05 Å². The molecule has 0 aromatic carbocycles. The first-order valence-electron chi connectivity index (χ1n) is 7.46. The summed E-state index contributed by atoms with van der Waals surface area (Å²) in [4.78, 5) is 2.25. The monoisotopic (exact) mass is 273 g/mol. The van der Waals surface area contributed by atoms with Crippen LogP contribution in [0, 0.1) is 11.3 Å². The summed E-state index contributed by atoms with van der Waals surface area (Å²) in [5, 5.41) is 21.5. The van der Waals surface area contributed by atoms with E-state index in [1.165, 1.54) is 0 Å². The van der Waals surface area contributed by atoms with Gasteiger partial charge in [0.25, 0.3) is 0 Å². The molecule has 0 saturated carbocycles. The minimum atomic E-state index is 0.415. The summed E-state index contributed by atoms with van der Waals surface area (Å²) >= 11 is 0. The van der Waals surface area contributed by atoms with Gasteiger partial charge < -0.3 is 10.2 Å². The lowest BCUT2D eigenvalue weighted by atomic mass is 10.0. The number of nitrogens with zero attached hydrogens (tertiary/aromatic N) is 4. The third-order valence-electron chi connectivity index (χ3n) is 4.03. The van der Waals surface area contributed by atoms with Gasteiger partial charge in [-0.3, -0.25) is 0 Å². The summed E-state index contributed by atoms with van der Waals surface area (Å²) in [7, 11) is 1.96. The van der Waals surface area contributed by atoms with Crippen LogP contribution in [0.15, 0.2) is 0 Å². The van der Waals surface area contributed by atoms with E-state index >= 15 is 0 Å². The minimum absolute atomic E-state index is 0.415. The third-order valence-corrected chi connectivity index (χ3v) is 4.03. The molecule has 20 heavy (non-hydrogen) atoms. The Kier molecular flexibility index (Phi) is 4.91. The van der Waals surface area contributed by atoms with E-state index in [1.54, 1.807) is 0 Å². The highest BCUT2D eigenvalue weighted by Gasteiger charge is 2.28. The Morgan fingerprint density at radius 3 is 2.75 bits per heavy atom. The van der Waals surface area contributed by atoms with Crippen LogP contribution in [0.3, 0.4) is 0 Å². The average molecular weight is 273 g/mol. The van der Waals surface area contributed by atoms with Crippen LogP contribution in [0.2, 0.25) is 0 Å². The Balaban J connectivity index is 2.44. The van der Waals surface area contributed by atoms with Crippen LogP contribution >= 0.6 is 0 Å². The number of likely N-dealkylation sites (N-methyl/N-ethyl adjacent to an activating group) is 1. The van der Waals surface area contributed by atoms with Gasteiger partial charge in [0.1, 0.15) is 11.6 Å². The lowest BCUT2D eigenvalue weighted by molar-refractivity contribution is 0.608. The van der Waals surface area contributed by atoms with Gasteiger partial charge in [-0.25, -0.2) is 0 Å². The molecule has 1 saturated heterocycles. The molecule has 0 aliphatic carbocycles. The van der Waals surface area contributed by atoms with Gasteiger partial charge in [0.2, 0.25) is 0 Å². The topological polar surface area (TPSA) is 64.8 Å². The van der Waals surface area contributed by atoms with Crippen molar-refractivity contribution < 1.29 is 0 Å². The van der Waals surface area contributed by atoms with Gasteiger partial charge in [-0.1, -0.05) is 13.8 Å². The molecule has 1 unspecified atom stereocenters. The molecule has 108 valence electrons. The van der Waals surface area contributed by atoms with Crippen molar-refractivity contribution in [3.63, 3.8) is 0 Å². The quantitative estimate of drug-likeness (QED) is 0.884. The Labute approximate surface area is 121 Å². The van der Waals surface area contributed by atoms with E-state index in [0.29, 0.717) is 6.04 Å². The molecule has 1 fully saturated rings. The third kappa shape index (κ3) is 2.61. The lowest BCUT2D eigenvalue weighted by Gasteiger charge is -2.26. The minimum Gasteiger partial charge on any atom is -0.350 e. The van der Waals surface area contributed by atoms with Crippen LogP contribution in [-0.4, -0.2) is 36.4 Å². The summed E-state index contributed by atoms with van der Waals surface area (Å²) in [6.07, 6.45) is 3.95. The van der Waals surface area contributed by atoms with Crippen molar-refractivity contribution in [3.8, 4) is 6.07 Å². The number of hydrogen-bond donors (Lipinski definition) is 1. The van der Waals surface area contributed by atoms with Gasteiger partial charge in [0.15, 0.2) is 5.82 Å². The van der Waals surface area contributed by atoms with E-state index in [0.717, 1.165) is 61.4 Å². The molecule has 1 aromatic rings. The normalized spacial score (nSPS) is 18.3. The first-order valence-corrected chi connectivity index (χ1v) is 7.46. The maximum atomic E-state index is 9.57. The largest absolute Gasteiger partial charge is 0.350 e. The molecule has 1 aliphatic rings. The number of hydrogen-bond acceptors (Lipinski definition) is 5. The number of nitrogens with one attached hydrogen (secondary N) is 1. The summed E-state index contributed by atoms with van der Waals surface area (Å²) < 4.78 is 0. The molecule has 5 heteroatoms. The molecule has 1 atom stereocenters. The van der Waals surface area contributed by atoms with Crippen molar-refractivity contribution in [2.24, 2.45) is 0 Å². The molecular formula is C15H23N5. The fraction of sp³-hybridized carbons (Fsp3) is 0.667. The molecule has 1 N–H and O–H groups in total. The van der Waals surface area contributed by atoms with E-state index in [4.69, 9.17) is 0 Å². The maximum Gasteiger partial charge on any atom is 0.169 e. The van der Waals surface area contributed by atoms with Gasteiger partial charge in [0.05, 0.1) is 5.69 Å². The van der Waals surface area contributed by atoms with Crippen molar-refractivity contribution in [2.75, 3.05) is 25.0 Å². The smallest absolute Gasteiger partial charge is 0.169 e. The summed E-state index contributed by atoms with van der Waals surface area (Å²) in [5.41, 5.74) is 2.75. The van der Waals surface area contributed by atoms with Crippen LogP contribution in [-0.2, 0) is 12.8 Å². The molecule has 2 rings (SSSR count). The van der Waals surface area contributed by atoms with Crippen molar-refractivity contribution in [3.05, 3.63) is 16.8 Å². The first kappa shape index (κ1) is 14.7. The molecule has 0 amide bonds. The molecule has 1 aliphatic heterocycles. The Morgan fingerprint density at radius 1 is 1.35 bits per heavy atom. The van der Waals surface area contributed by atoms with Gasteiger partial charge >= 0.3 is 0 Å².